The molecular weight excluding hydrogens is 342 g/mol. The summed E-state index contributed by atoms with van der Waals surface area (Å²) in [6.45, 7) is 0. The summed E-state index contributed by atoms with van der Waals surface area (Å²) in [5.41, 5.74) is 1.41. The first-order valence-electron chi connectivity index (χ1n) is 8.46. The summed E-state index contributed by atoms with van der Waals surface area (Å²) in [6.07, 6.45) is 7.27. The van der Waals surface area contributed by atoms with E-state index in [4.69, 9.17) is 4.74 Å². The molecule has 0 saturated heterocycles. The number of carbonyl (C=O) groups is 3. The highest BCUT2D eigenvalue weighted by molar-refractivity contribution is 7.17. The lowest BCUT2D eigenvalue weighted by Gasteiger charge is -2.23. The molecule has 2 bridgehead atoms. The topological polar surface area (TPSA) is 92.7 Å². The number of ether oxygens (including phenoxy) is 1. The quantitative estimate of drug-likeness (QED) is 0.635. The number of anilines is 1. The van der Waals surface area contributed by atoms with Crippen LogP contribution in [0.1, 0.15) is 33.6 Å². The Morgan fingerprint density at radius 2 is 1.92 bits per heavy atom. The van der Waals surface area contributed by atoms with Crippen molar-refractivity contribution in [2.24, 2.45) is 23.7 Å². The van der Waals surface area contributed by atoms with Gasteiger partial charge in [0, 0.05) is 4.88 Å². The number of carbonyl (C=O) groups excluding carboxylic acids is 2. The number of carboxylic acid groups (broad SMARTS) is 1. The molecule has 6 nitrogen and oxygen atoms in total. The SMILES string of the molecule is COC(=O)c1c(NC(=O)[C@@H]2[C@H](C(=O)O)[C@H]3C=C[C@H]2C3)sc2c1CCC2. The first kappa shape index (κ1) is 16.3. The van der Waals surface area contributed by atoms with E-state index in [0.29, 0.717) is 17.0 Å². The van der Waals surface area contributed by atoms with Crippen LogP contribution >= 0.6 is 11.3 Å². The number of aryl methyl sites for hydroxylation is 1. The van der Waals surface area contributed by atoms with E-state index in [2.05, 4.69) is 5.32 Å². The third-order valence-electron chi connectivity index (χ3n) is 5.59. The molecule has 4 atom stereocenters. The van der Waals surface area contributed by atoms with Crippen LogP contribution in [-0.2, 0) is 27.2 Å². The second-order valence-corrected chi connectivity index (χ2v) is 7.99. The standard InChI is InChI=1S/C18H19NO5S/c1-24-18(23)14-10-3-2-4-11(10)25-16(14)19-15(20)12-8-5-6-9(7-8)13(12)17(21)22/h5-6,8-9,12-13H,2-4,7H2,1H3,(H,19,20)(H,21,22)/t8-,9-,12-,13+/m0/s1. The van der Waals surface area contributed by atoms with Crippen LogP contribution in [0.4, 0.5) is 5.00 Å². The van der Waals surface area contributed by atoms with Gasteiger partial charge in [-0.15, -0.1) is 11.3 Å². The summed E-state index contributed by atoms with van der Waals surface area (Å²) in [5, 5.41) is 12.9. The molecule has 3 aliphatic carbocycles. The fraction of sp³-hybridized carbons (Fsp3) is 0.500. The molecule has 25 heavy (non-hydrogen) atoms. The summed E-state index contributed by atoms with van der Waals surface area (Å²) in [4.78, 5) is 37.8. The van der Waals surface area contributed by atoms with Gasteiger partial charge in [0.05, 0.1) is 24.5 Å². The van der Waals surface area contributed by atoms with Gasteiger partial charge in [-0.1, -0.05) is 12.2 Å². The molecule has 0 unspecified atom stereocenters. The minimum Gasteiger partial charge on any atom is -0.481 e. The van der Waals surface area contributed by atoms with Crippen molar-refractivity contribution in [2.45, 2.75) is 25.7 Å². The molecule has 4 rings (SSSR count). The molecule has 0 aromatic carbocycles. The van der Waals surface area contributed by atoms with Crippen molar-refractivity contribution in [2.75, 3.05) is 12.4 Å². The number of allylic oxidation sites excluding steroid dienone is 2. The van der Waals surface area contributed by atoms with Gasteiger partial charge in [0.25, 0.3) is 0 Å². The highest BCUT2D eigenvalue weighted by Crippen LogP contribution is 2.49. The highest BCUT2D eigenvalue weighted by atomic mass is 32.1. The fourth-order valence-corrected chi connectivity index (χ4v) is 5.80. The second-order valence-electron chi connectivity index (χ2n) is 6.88. The van der Waals surface area contributed by atoms with Crippen LogP contribution in [0.25, 0.3) is 0 Å². The summed E-state index contributed by atoms with van der Waals surface area (Å²) in [7, 11) is 1.33. The lowest BCUT2D eigenvalue weighted by molar-refractivity contribution is -0.146. The molecule has 1 heterocycles. The van der Waals surface area contributed by atoms with Gasteiger partial charge in [-0.05, 0) is 43.1 Å². The molecule has 0 spiro atoms. The van der Waals surface area contributed by atoms with E-state index in [9.17, 15) is 19.5 Å². The lowest BCUT2D eigenvalue weighted by atomic mass is 9.82. The normalized spacial score (nSPS) is 28.8. The first-order chi connectivity index (χ1) is 12.0. The Morgan fingerprint density at radius 3 is 2.60 bits per heavy atom. The van der Waals surface area contributed by atoms with Crippen LogP contribution in [0.2, 0.25) is 0 Å². The molecule has 1 aromatic heterocycles. The van der Waals surface area contributed by atoms with Gasteiger partial charge >= 0.3 is 11.9 Å². The van der Waals surface area contributed by atoms with Crippen LogP contribution in [0.3, 0.4) is 0 Å². The maximum absolute atomic E-state index is 12.9. The lowest BCUT2D eigenvalue weighted by Crippen LogP contribution is -2.36. The number of aliphatic carboxylic acids is 1. The van der Waals surface area contributed by atoms with Gasteiger partial charge in [-0.3, -0.25) is 9.59 Å². The van der Waals surface area contributed by atoms with Crippen molar-refractivity contribution in [1.82, 2.24) is 0 Å². The molecular formula is C18H19NO5S. The Labute approximate surface area is 148 Å². The van der Waals surface area contributed by atoms with Gasteiger partial charge in [0.15, 0.2) is 0 Å². The first-order valence-corrected chi connectivity index (χ1v) is 9.27. The summed E-state index contributed by atoms with van der Waals surface area (Å²) in [6, 6.07) is 0. The van der Waals surface area contributed by atoms with E-state index < -0.39 is 23.8 Å². The maximum atomic E-state index is 12.9. The molecule has 2 N–H and O–H groups in total. The maximum Gasteiger partial charge on any atom is 0.341 e. The summed E-state index contributed by atoms with van der Waals surface area (Å²) < 4.78 is 4.89. The Morgan fingerprint density at radius 1 is 1.20 bits per heavy atom. The van der Waals surface area contributed by atoms with Gasteiger partial charge in [-0.2, -0.15) is 0 Å². The van der Waals surface area contributed by atoms with E-state index in [1.165, 1.54) is 18.4 Å². The number of thiophene rings is 1. The zero-order chi connectivity index (χ0) is 17.7. The zero-order valence-corrected chi connectivity index (χ0v) is 14.6. The predicted octanol–water partition coefficient (Wildman–Crippen LogP) is 2.48. The van der Waals surface area contributed by atoms with Crippen molar-refractivity contribution in [1.29, 1.82) is 0 Å². The Balaban J connectivity index is 1.63. The van der Waals surface area contributed by atoms with Gasteiger partial charge < -0.3 is 15.2 Å². The smallest absolute Gasteiger partial charge is 0.341 e. The van der Waals surface area contributed by atoms with Crippen LogP contribution in [0.5, 0.6) is 0 Å². The minimum absolute atomic E-state index is 0.0421. The van der Waals surface area contributed by atoms with Crippen molar-refractivity contribution in [3.05, 3.63) is 28.2 Å². The number of nitrogens with one attached hydrogen (secondary N) is 1. The zero-order valence-electron chi connectivity index (χ0n) is 13.8. The Kier molecular flexibility index (Phi) is 3.91. The van der Waals surface area contributed by atoms with Crippen molar-refractivity contribution >= 4 is 34.2 Å². The van der Waals surface area contributed by atoms with E-state index >= 15 is 0 Å². The second kappa shape index (κ2) is 5.98. The van der Waals surface area contributed by atoms with Gasteiger partial charge in [-0.25, -0.2) is 4.79 Å². The molecule has 1 aromatic rings. The number of carboxylic acids is 1. The number of hydrogen-bond acceptors (Lipinski definition) is 5. The molecule has 1 amide bonds. The molecule has 1 saturated carbocycles. The summed E-state index contributed by atoms with van der Waals surface area (Å²) in [5.74, 6) is -3.09. The number of esters is 1. The fourth-order valence-electron chi connectivity index (χ4n) is 4.52. The third-order valence-corrected chi connectivity index (χ3v) is 6.80. The predicted molar refractivity (Wildman–Crippen MR) is 91.7 cm³/mol. The Hall–Kier alpha value is -2.15. The number of methoxy groups -OCH3 is 1. The summed E-state index contributed by atoms with van der Waals surface area (Å²) >= 11 is 1.41. The van der Waals surface area contributed by atoms with E-state index in [0.717, 1.165) is 29.7 Å². The average molecular weight is 361 g/mol. The van der Waals surface area contributed by atoms with Crippen LogP contribution in [-0.4, -0.2) is 30.1 Å². The van der Waals surface area contributed by atoms with Crippen LogP contribution in [0.15, 0.2) is 12.2 Å². The largest absolute Gasteiger partial charge is 0.481 e. The number of rotatable bonds is 4. The third kappa shape index (κ3) is 2.49. The monoisotopic (exact) mass is 361 g/mol. The van der Waals surface area contributed by atoms with E-state index in [1.54, 1.807) is 0 Å². The molecule has 0 radical (unpaired) electrons. The van der Waals surface area contributed by atoms with Crippen molar-refractivity contribution < 1.29 is 24.2 Å². The Bertz CT molecular complexity index is 796. The molecule has 3 aliphatic rings. The van der Waals surface area contributed by atoms with E-state index in [1.807, 2.05) is 12.2 Å². The van der Waals surface area contributed by atoms with Crippen molar-refractivity contribution in [3.8, 4) is 0 Å². The van der Waals surface area contributed by atoms with E-state index in [-0.39, 0.29) is 17.7 Å². The van der Waals surface area contributed by atoms with Gasteiger partial charge in [0.2, 0.25) is 5.91 Å². The number of amides is 1. The minimum atomic E-state index is -0.932. The molecule has 1 fully saturated rings. The number of hydrogen-bond donors (Lipinski definition) is 2. The molecule has 132 valence electrons. The molecule has 7 heteroatoms. The molecule has 0 aliphatic heterocycles. The van der Waals surface area contributed by atoms with Crippen molar-refractivity contribution in [3.63, 3.8) is 0 Å². The number of fused-ring (bicyclic) bond motifs is 3. The van der Waals surface area contributed by atoms with Crippen LogP contribution in [0, 0.1) is 23.7 Å². The van der Waals surface area contributed by atoms with Gasteiger partial charge in [0.1, 0.15) is 5.00 Å². The van der Waals surface area contributed by atoms with Crippen LogP contribution < -0.4 is 5.32 Å². The average Bonchev–Trinajstić information content (AvgIpc) is 3.32. The highest BCUT2D eigenvalue weighted by Gasteiger charge is 2.51.